The molecule has 0 radical (unpaired) electrons. The number of rotatable bonds is 2. The third-order valence-electron chi connectivity index (χ3n) is 1.31. The van der Waals surface area contributed by atoms with E-state index >= 15 is 0 Å². The molecule has 0 aromatic heterocycles. The van der Waals surface area contributed by atoms with Crippen molar-refractivity contribution in [2.45, 2.75) is 19.4 Å². The Labute approximate surface area is 67.6 Å². The van der Waals surface area contributed by atoms with Crippen molar-refractivity contribution in [3.8, 4) is 0 Å². The van der Waals surface area contributed by atoms with E-state index in [9.17, 15) is 4.79 Å². The Morgan fingerprint density at radius 1 is 2.00 bits per heavy atom. The van der Waals surface area contributed by atoms with E-state index in [0.717, 1.165) is 5.33 Å². The molecule has 3 nitrogen and oxygen atoms in total. The third-order valence-corrected chi connectivity index (χ3v) is 2.03. The van der Waals surface area contributed by atoms with Gasteiger partial charge in [-0.3, -0.25) is 4.79 Å². The summed E-state index contributed by atoms with van der Waals surface area (Å²) in [5.41, 5.74) is 0.546. The first-order chi connectivity index (χ1) is 4.74. The molecule has 4 heteroatoms. The molecule has 1 rings (SSSR count). The topological polar surface area (TPSA) is 38.7 Å². The van der Waals surface area contributed by atoms with Gasteiger partial charge in [0.2, 0.25) is 0 Å². The Kier molecular flexibility index (Phi) is 2.43. The molecule has 1 aliphatic heterocycles. The number of halogens is 1. The van der Waals surface area contributed by atoms with Gasteiger partial charge in [-0.2, -0.15) is 0 Å². The van der Waals surface area contributed by atoms with Gasteiger partial charge in [-0.25, -0.2) is 0 Å². The zero-order valence-corrected chi connectivity index (χ0v) is 7.22. The average Bonchev–Trinajstić information content (AvgIpc) is 2.34. The van der Waals surface area contributed by atoms with E-state index < -0.39 is 0 Å². The summed E-state index contributed by atoms with van der Waals surface area (Å²) in [5, 5.41) is 4.35. The maximum Gasteiger partial charge on any atom is 0.177 e. The monoisotopic (exact) mass is 205 g/mol. The lowest BCUT2D eigenvalue weighted by Crippen LogP contribution is -2.13. The van der Waals surface area contributed by atoms with Gasteiger partial charge < -0.3 is 4.84 Å². The second-order valence-corrected chi connectivity index (χ2v) is 2.83. The van der Waals surface area contributed by atoms with Crippen molar-refractivity contribution in [2.75, 3.05) is 5.33 Å². The van der Waals surface area contributed by atoms with Crippen molar-refractivity contribution in [3.63, 3.8) is 0 Å². The summed E-state index contributed by atoms with van der Waals surface area (Å²) in [7, 11) is 0. The van der Waals surface area contributed by atoms with Gasteiger partial charge in [-0.15, -0.1) is 0 Å². The van der Waals surface area contributed by atoms with Gasteiger partial charge in [-0.1, -0.05) is 21.1 Å². The van der Waals surface area contributed by atoms with E-state index in [2.05, 4.69) is 21.1 Å². The van der Waals surface area contributed by atoms with Crippen molar-refractivity contribution in [2.24, 2.45) is 5.16 Å². The Hall–Kier alpha value is -0.380. The molecule has 1 unspecified atom stereocenters. The first kappa shape index (κ1) is 7.72. The van der Waals surface area contributed by atoms with Crippen LogP contribution in [0.1, 0.15) is 13.3 Å². The third kappa shape index (κ3) is 1.56. The SMILES string of the molecule is CC(=O)C1=NOC(CBr)C1. The number of ketones is 1. The number of Topliss-reactive ketones (excluding diaryl/α,β-unsaturated/α-hetero) is 1. The molecule has 0 amide bonds. The smallest absolute Gasteiger partial charge is 0.177 e. The Morgan fingerprint density at radius 3 is 3.00 bits per heavy atom. The van der Waals surface area contributed by atoms with Gasteiger partial charge in [-0.05, 0) is 0 Å². The highest BCUT2D eigenvalue weighted by Gasteiger charge is 2.22. The molecular weight excluding hydrogens is 198 g/mol. The highest BCUT2D eigenvalue weighted by atomic mass is 79.9. The summed E-state index contributed by atoms with van der Waals surface area (Å²) < 4.78 is 0. The molecule has 0 fully saturated rings. The van der Waals surface area contributed by atoms with E-state index in [1.807, 2.05) is 0 Å². The minimum absolute atomic E-state index is 0.00319. The van der Waals surface area contributed by atoms with Crippen LogP contribution in [0.4, 0.5) is 0 Å². The zero-order valence-electron chi connectivity index (χ0n) is 5.63. The normalized spacial score (nSPS) is 23.8. The van der Waals surface area contributed by atoms with Gasteiger partial charge in [0.1, 0.15) is 11.8 Å². The number of hydrogen-bond donors (Lipinski definition) is 0. The quantitative estimate of drug-likeness (QED) is 0.635. The number of carbonyl (C=O) groups excluding carboxylic acids is 1. The Bertz CT molecular complexity index is 179. The summed E-state index contributed by atoms with van der Waals surface area (Å²) in [6.07, 6.45) is 0.694. The number of oxime groups is 1. The van der Waals surface area contributed by atoms with E-state index in [1.54, 1.807) is 0 Å². The lowest BCUT2D eigenvalue weighted by molar-refractivity contribution is -0.111. The fourth-order valence-corrected chi connectivity index (χ4v) is 1.07. The molecule has 1 heterocycles. The molecule has 1 atom stereocenters. The van der Waals surface area contributed by atoms with E-state index in [1.165, 1.54) is 6.92 Å². The van der Waals surface area contributed by atoms with Crippen LogP contribution in [0, 0.1) is 0 Å². The van der Waals surface area contributed by atoms with E-state index in [0.29, 0.717) is 12.1 Å². The number of nitrogens with zero attached hydrogens (tertiary/aromatic N) is 1. The number of alkyl halides is 1. The van der Waals surface area contributed by atoms with Gasteiger partial charge in [0, 0.05) is 18.7 Å². The Morgan fingerprint density at radius 2 is 2.70 bits per heavy atom. The molecule has 0 N–H and O–H groups in total. The van der Waals surface area contributed by atoms with Crippen molar-refractivity contribution in [3.05, 3.63) is 0 Å². The molecule has 0 spiro atoms. The second kappa shape index (κ2) is 3.14. The van der Waals surface area contributed by atoms with Crippen LogP contribution in [0.2, 0.25) is 0 Å². The minimum atomic E-state index is 0.00319. The van der Waals surface area contributed by atoms with Crippen LogP contribution >= 0.6 is 15.9 Å². The maximum absolute atomic E-state index is 10.7. The lowest BCUT2D eigenvalue weighted by atomic mass is 10.1. The fraction of sp³-hybridized carbons (Fsp3) is 0.667. The molecule has 10 heavy (non-hydrogen) atoms. The predicted molar refractivity (Wildman–Crippen MR) is 41.4 cm³/mol. The molecule has 0 aromatic carbocycles. The average molecular weight is 206 g/mol. The summed E-state index contributed by atoms with van der Waals surface area (Å²) in [4.78, 5) is 15.6. The van der Waals surface area contributed by atoms with Crippen LogP contribution in [0.25, 0.3) is 0 Å². The van der Waals surface area contributed by atoms with Crippen LogP contribution in [0.3, 0.4) is 0 Å². The molecule has 0 aliphatic carbocycles. The second-order valence-electron chi connectivity index (χ2n) is 2.18. The Balaban J connectivity index is 2.47. The van der Waals surface area contributed by atoms with Gasteiger partial charge >= 0.3 is 0 Å². The molecule has 1 aliphatic rings. The van der Waals surface area contributed by atoms with Crippen LogP contribution in [-0.2, 0) is 9.63 Å². The summed E-state index contributed by atoms with van der Waals surface area (Å²) in [6.45, 7) is 1.50. The molecule has 0 saturated heterocycles. The van der Waals surface area contributed by atoms with Gasteiger partial charge in [0.15, 0.2) is 5.78 Å². The van der Waals surface area contributed by atoms with Crippen molar-refractivity contribution >= 4 is 27.4 Å². The highest BCUT2D eigenvalue weighted by molar-refractivity contribution is 9.09. The maximum atomic E-state index is 10.7. The largest absolute Gasteiger partial charge is 0.391 e. The summed E-state index contributed by atoms with van der Waals surface area (Å²) in [6, 6.07) is 0. The van der Waals surface area contributed by atoms with Crippen LogP contribution in [-0.4, -0.2) is 22.9 Å². The molecule has 0 saturated carbocycles. The van der Waals surface area contributed by atoms with Crippen molar-refractivity contribution in [1.82, 2.24) is 0 Å². The molecule has 56 valence electrons. The fourth-order valence-electron chi connectivity index (χ4n) is 0.719. The molecule has 0 aromatic rings. The van der Waals surface area contributed by atoms with Crippen LogP contribution in [0.15, 0.2) is 5.16 Å². The number of hydrogen-bond acceptors (Lipinski definition) is 3. The minimum Gasteiger partial charge on any atom is -0.391 e. The molecule has 0 bridgehead atoms. The van der Waals surface area contributed by atoms with Gasteiger partial charge in [0.05, 0.1) is 0 Å². The summed E-state index contributed by atoms with van der Waals surface area (Å²) in [5.74, 6) is 0.00319. The van der Waals surface area contributed by atoms with E-state index in [-0.39, 0.29) is 11.9 Å². The first-order valence-corrected chi connectivity index (χ1v) is 4.15. The van der Waals surface area contributed by atoms with E-state index in [4.69, 9.17) is 4.84 Å². The zero-order chi connectivity index (χ0) is 7.56. The van der Waals surface area contributed by atoms with Crippen LogP contribution < -0.4 is 0 Å². The highest BCUT2D eigenvalue weighted by Crippen LogP contribution is 2.12. The lowest BCUT2D eigenvalue weighted by Gasteiger charge is -1.99. The molecular formula is C6H8BrNO2. The number of carbonyl (C=O) groups is 1. The van der Waals surface area contributed by atoms with Crippen molar-refractivity contribution < 1.29 is 9.63 Å². The standard InChI is InChI=1S/C6H8BrNO2/c1-4(9)6-2-5(3-7)10-8-6/h5H,2-3H2,1H3. The first-order valence-electron chi connectivity index (χ1n) is 3.03. The van der Waals surface area contributed by atoms with Gasteiger partial charge in [0.25, 0.3) is 0 Å². The van der Waals surface area contributed by atoms with Crippen LogP contribution in [0.5, 0.6) is 0 Å². The summed E-state index contributed by atoms with van der Waals surface area (Å²) >= 11 is 3.24. The van der Waals surface area contributed by atoms with Crippen molar-refractivity contribution in [1.29, 1.82) is 0 Å². The predicted octanol–water partition coefficient (Wildman–Crippen LogP) is 1.12.